The van der Waals surface area contributed by atoms with Crippen LogP contribution in [0.2, 0.25) is 0 Å². The second-order valence-corrected chi connectivity index (χ2v) is 7.61. The van der Waals surface area contributed by atoms with Crippen molar-refractivity contribution in [1.82, 2.24) is 14.5 Å². The number of imidazole rings is 1. The van der Waals surface area contributed by atoms with Crippen LogP contribution in [0.1, 0.15) is 49.8 Å². The summed E-state index contributed by atoms with van der Waals surface area (Å²) >= 11 is 0. The van der Waals surface area contributed by atoms with Crippen molar-refractivity contribution < 1.29 is 9.18 Å². The average molecular weight is 381 g/mol. The smallest absolute Gasteiger partial charge is 0.254 e. The molecule has 0 saturated carbocycles. The minimum Gasteiger partial charge on any atom is -0.331 e. The van der Waals surface area contributed by atoms with E-state index in [-0.39, 0.29) is 11.7 Å². The summed E-state index contributed by atoms with van der Waals surface area (Å²) in [6.45, 7) is 8.28. The number of fused-ring (bicyclic) bond motifs is 1. The Labute approximate surface area is 166 Å². The van der Waals surface area contributed by atoms with Crippen molar-refractivity contribution in [2.75, 3.05) is 6.54 Å². The summed E-state index contributed by atoms with van der Waals surface area (Å²) in [5.74, 6) is 0.778. The highest BCUT2D eigenvalue weighted by Gasteiger charge is 2.21. The number of unbranched alkanes of at least 4 members (excludes halogenated alkanes) is 1. The zero-order valence-corrected chi connectivity index (χ0v) is 16.9. The molecule has 0 aliphatic carbocycles. The molecule has 0 spiro atoms. The summed E-state index contributed by atoms with van der Waals surface area (Å²) in [5.41, 5.74) is 2.55. The van der Waals surface area contributed by atoms with Crippen LogP contribution in [0, 0.1) is 11.7 Å². The molecule has 4 nitrogen and oxygen atoms in total. The van der Waals surface area contributed by atoms with Gasteiger partial charge in [-0.2, -0.15) is 0 Å². The van der Waals surface area contributed by atoms with E-state index in [1.54, 1.807) is 12.1 Å². The number of amides is 1. The third-order valence-corrected chi connectivity index (χ3v) is 4.77. The van der Waals surface area contributed by atoms with Gasteiger partial charge in [0.05, 0.1) is 17.6 Å². The third kappa shape index (κ3) is 4.58. The van der Waals surface area contributed by atoms with Gasteiger partial charge in [0, 0.05) is 18.7 Å². The van der Waals surface area contributed by atoms with Crippen molar-refractivity contribution in [2.45, 2.75) is 46.7 Å². The normalized spacial score (nSPS) is 11.3. The van der Waals surface area contributed by atoms with Gasteiger partial charge in [-0.3, -0.25) is 4.79 Å². The summed E-state index contributed by atoms with van der Waals surface area (Å²) in [6.07, 6.45) is 2.15. The van der Waals surface area contributed by atoms with Crippen molar-refractivity contribution in [1.29, 1.82) is 0 Å². The van der Waals surface area contributed by atoms with Crippen molar-refractivity contribution >= 4 is 16.9 Å². The standard InChI is InChI=1S/C23H28FN3O/c1-4-5-14-27-21-9-7-6-8-20(21)25-22(27)16-26(15-17(2)3)23(28)18-10-12-19(24)13-11-18/h6-13,17H,4-5,14-16H2,1-3H3. The Bertz CT molecular complexity index is 931. The maximum absolute atomic E-state index is 13.3. The molecular weight excluding hydrogens is 353 g/mol. The Kier molecular flexibility index (Phi) is 6.45. The number of hydrogen-bond donors (Lipinski definition) is 0. The van der Waals surface area contributed by atoms with E-state index in [9.17, 15) is 9.18 Å². The number of nitrogens with zero attached hydrogens (tertiary/aromatic N) is 3. The predicted octanol–water partition coefficient (Wildman–Crippen LogP) is 5.27. The van der Waals surface area contributed by atoms with Gasteiger partial charge >= 0.3 is 0 Å². The largest absolute Gasteiger partial charge is 0.331 e. The minimum absolute atomic E-state index is 0.0946. The lowest BCUT2D eigenvalue weighted by molar-refractivity contribution is 0.0716. The Hall–Kier alpha value is -2.69. The van der Waals surface area contributed by atoms with Gasteiger partial charge in [-0.15, -0.1) is 0 Å². The molecule has 0 atom stereocenters. The Balaban J connectivity index is 1.94. The van der Waals surface area contributed by atoms with Gasteiger partial charge in [-0.05, 0) is 48.7 Å². The fraction of sp³-hybridized carbons (Fsp3) is 0.391. The maximum Gasteiger partial charge on any atom is 0.254 e. The van der Waals surface area contributed by atoms with Gasteiger partial charge in [0.2, 0.25) is 0 Å². The number of rotatable bonds is 8. The average Bonchev–Trinajstić information content (AvgIpc) is 3.02. The molecule has 2 aromatic carbocycles. The molecule has 0 aliphatic rings. The highest BCUT2D eigenvalue weighted by Crippen LogP contribution is 2.20. The molecule has 0 bridgehead atoms. The fourth-order valence-corrected chi connectivity index (χ4v) is 3.42. The molecule has 0 radical (unpaired) electrons. The Morgan fingerprint density at radius 2 is 1.86 bits per heavy atom. The molecular formula is C23H28FN3O. The van der Waals surface area contributed by atoms with E-state index in [4.69, 9.17) is 4.98 Å². The van der Waals surface area contributed by atoms with Crippen molar-refractivity contribution in [3.05, 3.63) is 65.7 Å². The van der Waals surface area contributed by atoms with E-state index >= 15 is 0 Å². The monoisotopic (exact) mass is 381 g/mol. The van der Waals surface area contributed by atoms with Crippen LogP contribution in [0.5, 0.6) is 0 Å². The second-order valence-electron chi connectivity index (χ2n) is 7.61. The molecule has 0 N–H and O–H groups in total. The maximum atomic E-state index is 13.3. The van der Waals surface area contributed by atoms with E-state index in [1.165, 1.54) is 12.1 Å². The lowest BCUT2D eigenvalue weighted by atomic mass is 10.1. The molecule has 0 unspecified atom stereocenters. The summed E-state index contributed by atoms with van der Waals surface area (Å²) in [5, 5.41) is 0. The molecule has 3 rings (SSSR count). The zero-order valence-electron chi connectivity index (χ0n) is 16.9. The Morgan fingerprint density at radius 3 is 2.54 bits per heavy atom. The summed E-state index contributed by atoms with van der Waals surface area (Å²) < 4.78 is 15.5. The van der Waals surface area contributed by atoms with Crippen LogP contribution in [-0.4, -0.2) is 26.9 Å². The topological polar surface area (TPSA) is 38.1 Å². The van der Waals surface area contributed by atoms with E-state index in [0.717, 1.165) is 36.2 Å². The number of benzene rings is 2. The van der Waals surface area contributed by atoms with E-state index < -0.39 is 0 Å². The molecule has 1 amide bonds. The van der Waals surface area contributed by atoms with Crippen LogP contribution < -0.4 is 0 Å². The van der Waals surface area contributed by atoms with E-state index in [2.05, 4.69) is 31.4 Å². The highest BCUT2D eigenvalue weighted by molar-refractivity contribution is 5.94. The molecule has 0 saturated heterocycles. The first kappa shape index (κ1) is 20.1. The number of para-hydroxylation sites is 2. The van der Waals surface area contributed by atoms with Crippen LogP contribution >= 0.6 is 0 Å². The number of carbonyl (C=O) groups is 1. The van der Waals surface area contributed by atoms with Crippen molar-refractivity contribution in [3.63, 3.8) is 0 Å². The van der Waals surface area contributed by atoms with Gasteiger partial charge in [-0.1, -0.05) is 39.3 Å². The third-order valence-electron chi connectivity index (χ3n) is 4.77. The van der Waals surface area contributed by atoms with Crippen molar-refractivity contribution in [2.24, 2.45) is 5.92 Å². The molecule has 0 fully saturated rings. The van der Waals surface area contributed by atoms with Gasteiger partial charge in [0.25, 0.3) is 5.91 Å². The second kappa shape index (κ2) is 9.00. The molecule has 0 aliphatic heterocycles. The first-order valence-corrected chi connectivity index (χ1v) is 9.98. The number of aryl methyl sites for hydroxylation is 1. The zero-order chi connectivity index (χ0) is 20.1. The SMILES string of the molecule is CCCCn1c(CN(CC(C)C)C(=O)c2ccc(F)cc2)nc2ccccc21. The lowest BCUT2D eigenvalue weighted by Gasteiger charge is -2.25. The minimum atomic E-state index is -0.340. The van der Waals surface area contributed by atoms with Gasteiger partial charge < -0.3 is 9.47 Å². The molecule has 5 heteroatoms. The quantitative estimate of drug-likeness (QED) is 0.533. The molecule has 3 aromatic rings. The number of hydrogen-bond acceptors (Lipinski definition) is 2. The first-order chi connectivity index (χ1) is 13.5. The first-order valence-electron chi connectivity index (χ1n) is 9.98. The van der Waals surface area contributed by atoms with Crippen LogP contribution in [0.15, 0.2) is 48.5 Å². The number of carbonyl (C=O) groups excluding carboxylic acids is 1. The summed E-state index contributed by atoms with van der Waals surface area (Å²) in [4.78, 5) is 19.7. The summed E-state index contributed by atoms with van der Waals surface area (Å²) in [6, 6.07) is 13.8. The number of aromatic nitrogens is 2. The van der Waals surface area contributed by atoms with E-state index in [0.29, 0.717) is 24.6 Å². The van der Waals surface area contributed by atoms with Gasteiger partial charge in [0.15, 0.2) is 0 Å². The highest BCUT2D eigenvalue weighted by atomic mass is 19.1. The van der Waals surface area contributed by atoms with Crippen LogP contribution in [0.25, 0.3) is 11.0 Å². The number of halogens is 1. The molecule has 28 heavy (non-hydrogen) atoms. The Morgan fingerprint density at radius 1 is 1.14 bits per heavy atom. The fourth-order valence-electron chi connectivity index (χ4n) is 3.42. The van der Waals surface area contributed by atoms with Crippen molar-refractivity contribution in [3.8, 4) is 0 Å². The van der Waals surface area contributed by atoms with E-state index in [1.807, 2.05) is 23.1 Å². The summed E-state index contributed by atoms with van der Waals surface area (Å²) in [7, 11) is 0. The molecule has 1 heterocycles. The van der Waals surface area contributed by atoms with Crippen LogP contribution in [0.3, 0.4) is 0 Å². The predicted molar refractivity (Wildman–Crippen MR) is 111 cm³/mol. The molecule has 1 aromatic heterocycles. The molecule has 148 valence electrons. The van der Waals surface area contributed by atoms with Gasteiger partial charge in [0.1, 0.15) is 11.6 Å². The van der Waals surface area contributed by atoms with Crippen LogP contribution in [0.4, 0.5) is 4.39 Å². The lowest BCUT2D eigenvalue weighted by Crippen LogP contribution is -2.34. The van der Waals surface area contributed by atoms with Gasteiger partial charge in [-0.25, -0.2) is 9.37 Å². The van der Waals surface area contributed by atoms with Crippen LogP contribution in [-0.2, 0) is 13.1 Å².